The standard InChI is InChI=1S/C12H24N2O3S/c13-8-4-2-1-3-5-12(15)14-11-6-9-18(16,17)10-7-11/h11H,1-10,13H2,(H,14,15). The number of nitrogens with two attached hydrogens (primary N) is 1. The second-order valence-corrected chi connectivity index (χ2v) is 7.25. The van der Waals surface area contributed by atoms with E-state index in [0.717, 1.165) is 25.7 Å². The molecule has 0 aromatic carbocycles. The van der Waals surface area contributed by atoms with Crippen molar-refractivity contribution in [2.45, 2.75) is 51.0 Å². The van der Waals surface area contributed by atoms with Crippen LogP contribution in [0, 0.1) is 0 Å². The number of hydrogen-bond acceptors (Lipinski definition) is 4. The van der Waals surface area contributed by atoms with Crippen molar-refractivity contribution in [3.63, 3.8) is 0 Å². The maximum atomic E-state index is 11.6. The van der Waals surface area contributed by atoms with Crippen molar-refractivity contribution in [2.75, 3.05) is 18.1 Å². The molecule has 0 radical (unpaired) electrons. The lowest BCUT2D eigenvalue weighted by Crippen LogP contribution is -2.40. The van der Waals surface area contributed by atoms with Crippen molar-refractivity contribution in [3.05, 3.63) is 0 Å². The van der Waals surface area contributed by atoms with Gasteiger partial charge in [0.1, 0.15) is 9.84 Å². The quantitative estimate of drug-likeness (QED) is 0.666. The second-order valence-electron chi connectivity index (χ2n) is 4.95. The lowest BCUT2D eigenvalue weighted by atomic mass is 10.1. The van der Waals surface area contributed by atoms with Crippen LogP contribution in [0.4, 0.5) is 0 Å². The second kappa shape index (κ2) is 7.74. The molecule has 3 N–H and O–H groups in total. The van der Waals surface area contributed by atoms with E-state index in [1.807, 2.05) is 0 Å². The first-order valence-corrected chi connectivity index (χ1v) is 8.55. The molecule has 106 valence electrons. The van der Waals surface area contributed by atoms with Gasteiger partial charge in [0, 0.05) is 12.5 Å². The van der Waals surface area contributed by atoms with E-state index in [2.05, 4.69) is 5.32 Å². The van der Waals surface area contributed by atoms with Crippen LogP contribution in [0.5, 0.6) is 0 Å². The van der Waals surface area contributed by atoms with E-state index < -0.39 is 9.84 Å². The molecule has 0 unspecified atom stereocenters. The zero-order chi connectivity index (χ0) is 13.4. The van der Waals surface area contributed by atoms with Crippen LogP contribution in [0.2, 0.25) is 0 Å². The molecule has 0 atom stereocenters. The van der Waals surface area contributed by atoms with Crippen molar-refractivity contribution in [1.29, 1.82) is 0 Å². The molecule has 0 aliphatic carbocycles. The summed E-state index contributed by atoms with van der Waals surface area (Å²) in [7, 11) is -2.84. The lowest BCUT2D eigenvalue weighted by Gasteiger charge is -2.23. The summed E-state index contributed by atoms with van der Waals surface area (Å²) in [5, 5.41) is 2.92. The van der Waals surface area contributed by atoms with Gasteiger partial charge in [-0.3, -0.25) is 4.79 Å². The normalized spacial score (nSPS) is 19.6. The van der Waals surface area contributed by atoms with Crippen molar-refractivity contribution < 1.29 is 13.2 Å². The third-order valence-electron chi connectivity index (χ3n) is 3.28. The van der Waals surface area contributed by atoms with Crippen molar-refractivity contribution in [1.82, 2.24) is 5.32 Å². The Hall–Kier alpha value is -0.620. The predicted molar refractivity (Wildman–Crippen MR) is 72.0 cm³/mol. The van der Waals surface area contributed by atoms with Gasteiger partial charge < -0.3 is 11.1 Å². The predicted octanol–water partition coefficient (Wildman–Crippen LogP) is 0.589. The third kappa shape index (κ3) is 6.35. The number of rotatable bonds is 7. The summed E-state index contributed by atoms with van der Waals surface area (Å²) >= 11 is 0. The molecule has 5 nitrogen and oxygen atoms in total. The Bertz CT molecular complexity index is 340. The summed E-state index contributed by atoms with van der Waals surface area (Å²) in [6, 6.07) is 0.0464. The highest BCUT2D eigenvalue weighted by molar-refractivity contribution is 7.91. The lowest BCUT2D eigenvalue weighted by molar-refractivity contribution is -0.122. The maximum absolute atomic E-state index is 11.6. The van der Waals surface area contributed by atoms with Crippen LogP contribution >= 0.6 is 0 Å². The van der Waals surface area contributed by atoms with E-state index in [4.69, 9.17) is 5.73 Å². The summed E-state index contributed by atoms with van der Waals surface area (Å²) in [5.41, 5.74) is 5.39. The Balaban J connectivity index is 2.10. The molecule has 1 heterocycles. The third-order valence-corrected chi connectivity index (χ3v) is 4.99. The van der Waals surface area contributed by atoms with Crippen molar-refractivity contribution >= 4 is 15.7 Å². The first kappa shape index (κ1) is 15.4. The highest BCUT2D eigenvalue weighted by Gasteiger charge is 2.24. The molecule has 0 aromatic heterocycles. The topological polar surface area (TPSA) is 89.3 Å². The van der Waals surface area contributed by atoms with E-state index >= 15 is 0 Å². The van der Waals surface area contributed by atoms with E-state index in [1.165, 1.54) is 0 Å². The van der Waals surface area contributed by atoms with Gasteiger partial charge in [-0.15, -0.1) is 0 Å². The van der Waals surface area contributed by atoms with E-state index in [1.54, 1.807) is 0 Å². The zero-order valence-electron chi connectivity index (χ0n) is 10.9. The summed E-state index contributed by atoms with van der Waals surface area (Å²) in [5.74, 6) is 0.454. The fourth-order valence-electron chi connectivity index (χ4n) is 2.12. The van der Waals surface area contributed by atoms with E-state index in [0.29, 0.717) is 25.8 Å². The van der Waals surface area contributed by atoms with Gasteiger partial charge in [-0.2, -0.15) is 0 Å². The summed E-state index contributed by atoms with van der Waals surface area (Å²) in [6.07, 6.45) is 5.66. The number of carbonyl (C=O) groups is 1. The molecule has 1 aliphatic rings. The minimum atomic E-state index is -2.84. The van der Waals surface area contributed by atoms with Crippen LogP contribution in [0.25, 0.3) is 0 Å². The fourth-order valence-corrected chi connectivity index (χ4v) is 3.61. The van der Waals surface area contributed by atoms with Crippen LogP contribution < -0.4 is 11.1 Å². The molecule has 1 amide bonds. The van der Waals surface area contributed by atoms with Crippen LogP contribution in [-0.4, -0.2) is 38.4 Å². The van der Waals surface area contributed by atoms with Gasteiger partial charge in [-0.25, -0.2) is 8.42 Å². The average Bonchev–Trinajstić information content (AvgIpc) is 2.32. The molecule has 6 heteroatoms. The minimum Gasteiger partial charge on any atom is -0.353 e. The van der Waals surface area contributed by atoms with Crippen LogP contribution in [-0.2, 0) is 14.6 Å². The number of unbranched alkanes of at least 4 members (excludes halogenated alkanes) is 3. The average molecular weight is 276 g/mol. The summed E-state index contributed by atoms with van der Waals surface area (Å²) < 4.78 is 22.5. The Morgan fingerprint density at radius 1 is 1.11 bits per heavy atom. The summed E-state index contributed by atoms with van der Waals surface area (Å²) in [6.45, 7) is 0.711. The van der Waals surface area contributed by atoms with E-state index in [-0.39, 0.29) is 23.5 Å². The van der Waals surface area contributed by atoms with Gasteiger partial charge in [0.05, 0.1) is 11.5 Å². The highest BCUT2D eigenvalue weighted by atomic mass is 32.2. The smallest absolute Gasteiger partial charge is 0.220 e. The Morgan fingerprint density at radius 2 is 1.72 bits per heavy atom. The number of hydrogen-bond donors (Lipinski definition) is 2. The molecule has 18 heavy (non-hydrogen) atoms. The molecule has 0 bridgehead atoms. The Kier molecular flexibility index (Phi) is 6.63. The molecule has 1 aliphatic heterocycles. The highest BCUT2D eigenvalue weighted by Crippen LogP contribution is 2.12. The SMILES string of the molecule is NCCCCCCC(=O)NC1CCS(=O)(=O)CC1. The first-order chi connectivity index (χ1) is 8.53. The molecule has 0 aromatic rings. The number of amides is 1. The van der Waals surface area contributed by atoms with Crippen LogP contribution in [0.3, 0.4) is 0 Å². The monoisotopic (exact) mass is 276 g/mol. The fraction of sp³-hybridized carbons (Fsp3) is 0.917. The molecular weight excluding hydrogens is 252 g/mol. The van der Waals surface area contributed by atoms with Gasteiger partial charge in [0.2, 0.25) is 5.91 Å². The molecular formula is C12H24N2O3S. The summed E-state index contributed by atoms with van der Waals surface area (Å²) in [4.78, 5) is 11.6. The van der Waals surface area contributed by atoms with Gasteiger partial charge in [-0.05, 0) is 32.2 Å². The maximum Gasteiger partial charge on any atom is 0.220 e. The molecule has 0 spiro atoms. The zero-order valence-corrected chi connectivity index (χ0v) is 11.7. The number of carbonyl (C=O) groups excluding carboxylic acids is 1. The van der Waals surface area contributed by atoms with Crippen LogP contribution in [0.1, 0.15) is 44.9 Å². The number of sulfone groups is 1. The van der Waals surface area contributed by atoms with Gasteiger partial charge in [0.15, 0.2) is 0 Å². The van der Waals surface area contributed by atoms with E-state index in [9.17, 15) is 13.2 Å². The largest absolute Gasteiger partial charge is 0.353 e. The van der Waals surface area contributed by atoms with Crippen LogP contribution in [0.15, 0.2) is 0 Å². The number of nitrogens with one attached hydrogen (secondary N) is 1. The first-order valence-electron chi connectivity index (χ1n) is 6.73. The molecule has 0 saturated carbocycles. The van der Waals surface area contributed by atoms with Gasteiger partial charge in [-0.1, -0.05) is 12.8 Å². The molecule has 1 rings (SSSR count). The van der Waals surface area contributed by atoms with Crippen molar-refractivity contribution in [2.24, 2.45) is 5.73 Å². The molecule has 1 fully saturated rings. The van der Waals surface area contributed by atoms with Crippen molar-refractivity contribution in [3.8, 4) is 0 Å². The van der Waals surface area contributed by atoms with Gasteiger partial charge in [0.25, 0.3) is 0 Å². The Labute approximate surface area is 109 Å². The Morgan fingerprint density at radius 3 is 2.33 bits per heavy atom. The van der Waals surface area contributed by atoms with Gasteiger partial charge >= 0.3 is 0 Å². The minimum absolute atomic E-state index is 0.0464. The molecule has 1 saturated heterocycles.